The molecule has 14 heavy (non-hydrogen) atoms. The van der Waals surface area contributed by atoms with Crippen molar-refractivity contribution in [3.05, 3.63) is 11.8 Å². The SMILES string of the molecule is CCCCCC1CC(=O)C=C(OC)C1. The number of methoxy groups -OCH3 is 1. The predicted octanol–water partition coefficient (Wildman–Crippen LogP) is 3.08. The highest BCUT2D eigenvalue weighted by atomic mass is 16.5. The Bertz CT molecular complexity index is 218. The molecule has 0 radical (unpaired) electrons. The van der Waals surface area contributed by atoms with Gasteiger partial charge in [-0.1, -0.05) is 26.2 Å². The summed E-state index contributed by atoms with van der Waals surface area (Å²) in [7, 11) is 1.65. The van der Waals surface area contributed by atoms with Gasteiger partial charge in [-0.25, -0.2) is 0 Å². The summed E-state index contributed by atoms with van der Waals surface area (Å²) < 4.78 is 5.14. The first-order chi connectivity index (χ1) is 6.76. The molecule has 1 atom stereocenters. The zero-order chi connectivity index (χ0) is 10.4. The first-order valence-electron chi connectivity index (χ1n) is 5.53. The molecule has 0 heterocycles. The van der Waals surface area contributed by atoms with E-state index in [0.29, 0.717) is 5.92 Å². The molecule has 0 amide bonds. The van der Waals surface area contributed by atoms with Crippen LogP contribution in [-0.2, 0) is 9.53 Å². The van der Waals surface area contributed by atoms with Crippen LogP contribution in [0, 0.1) is 5.92 Å². The van der Waals surface area contributed by atoms with Crippen LogP contribution in [0.4, 0.5) is 0 Å². The summed E-state index contributed by atoms with van der Waals surface area (Å²) in [5.74, 6) is 1.62. The molecule has 0 aromatic rings. The second-order valence-electron chi connectivity index (χ2n) is 4.05. The van der Waals surface area contributed by atoms with E-state index in [9.17, 15) is 4.79 Å². The number of ketones is 1. The lowest BCUT2D eigenvalue weighted by Gasteiger charge is -2.20. The van der Waals surface area contributed by atoms with Gasteiger partial charge < -0.3 is 4.74 Å². The van der Waals surface area contributed by atoms with Crippen LogP contribution in [0.3, 0.4) is 0 Å². The topological polar surface area (TPSA) is 26.3 Å². The van der Waals surface area contributed by atoms with E-state index in [1.165, 1.54) is 25.7 Å². The quantitative estimate of drug-likeness (QED) is 0.632. The number of unbranched alkanes of at least 4 members (excludes halogenated alkanes) is 2. The van der Waals surface area contributed by atoms with Crippen molar-refractivity contribution in [3.63, 3.8) is 0 Å². The number of ether oxygens (including phenoxy) is 1. The standard InChI is InChI=1S/C12H20O2/c1-3-4-5-6-10-7-11(13)9-12(8-10)14-2/h9-10H,3-8H2,1-2H3. The number of allylic oxidation sites excluding steroid dienone is 2. The average Bonchev–Trinajstić information content (AvgIpc) is 2.17. The minimum Gasteiger partial charge on any atom is -0.501 e. The van der Waals surface area contributed by atoms with Gasteiger partial charge in [-0.05, 0) is 12.3 Å². The maximum atomic E-state index is 11.3. The normalized spacial score (nSPS) is 22.0. The van der Waals surface area contributed by atoms with Crippen molar-refractivity contribution in [1.29, 1.82) is 0 Å². The largest absolute Gasteiger partial charge is 0.501 e. The van der Waals surface area contributed by atoms with Gasteiger partial charge in [-0.2, -0.15) is 0 Å². The van der Waals surface area contributed by atoms with E-state index >= 15 is 0 Å². The Kier molecular flexibility index (Phi) is 4.71. The van der Waals surface area contributed by atoms with E-state index in [4.69, 9.17) is 4.74 Å². The zero-order valence-corrected chi connectivity index (χ0v) is 9.21. The van der Waals surface area contributed by atoms with Crippen LogP contribution in [0.5, 0.6) is 0 Å². The van der Waals surface area contributed by atoms with Crippen LogP contribution in [0.1, 0.15) is 45.4 Å². The fourth-order valence-corrected chi connectivity index (χ4v) is 1.97. The Labute approximate surface area is 86.3 Å². The monoisotopic (exact) mass is 196 g/mol. The van der Waals surface area contributed by atoms with E-state index in [-0.39, 0.29) is 5.78 Å². The lowest BCUT2D eigenvalue weighted by molar-refractivity contribution is -0.116. The van der Waals surface area contributed by atoms with Crippen LogP contribution in [0.25, 0.3) is 0 Å². The Balaban J connectivity index is 2.34. The molecule has 1 aliphatic rings. The summed E-state index contributed by atoms with van der Waals surface area (Å²) in [5, 5.41) is 0. The van der Waals surface area contributed by atoms with Gasteiger partial charge in [0.05, 0.1) is 12.9 Å². The minimum absolute atomic E-state index is 0.231. The summed E-state index contributed by atoms with van der Waals surface area (Å²) in [5.41, 5.74) is 0. The minimum atomic E-state index is 0.231. The van der Waals surface area contributed by atoms with Gasteiger partial charge >= 0.3 is 0 Å². The molecule has 0 aromatic heterocycles. The smallest absolute Gasteiger partial charge is 0.159 e. The third-order valence-electron chi connectivity index (χ3n) is 2.78. The lowest BCUT2D eigenvalue weighted by atomic mass is 9.88. The van der Waals surface area contributed by atoms with Crippen LogP contribution in [0.2, 0.25) is 0 Å². The molecule has 2 nitrogen and oxygen atoms in total. The maximum absolute atomic E-state index is 11.3. The summed E-state index contributed by atoms with van der Waals surface area (Å²) in [6.45, 7) is 2.20. The highest BCUT2D eigenvalue weighted by molar-refractivity contribution is 5.91. The summed E-state index contributed by atoms with van der Waals surface area (Å²) in [4.78, 5) is 11.3. The van der Waals surface area contributed by atoms with Crippen molar-refractivity contribution < 1.29 is 9.53 Å². The average molecular weight is 196 g/mol. The molecule has 0 saturated heterocycles. The van der Waals surface area contributed by atoms with E-state index in [1.54, 1.807) is 13.2 Å². The first kappa shape index (κ1) is 11.3. The molecule has 1 unspecified atom stereocenters. The third-order valence-corrected chi connectivity index (χ3v) is 2.78. The van der Waals surface area contributed by atoms with Gasteiger partial charge in [0.1, 0.15) is 0 Å². The number of rotatable bonds is 5. The molecule has 2 heteroatoms. The Morgan fingerprint density at radius 2 is 2.21 bits per heavy atom. The highest BCUT2D eigenvalue weighted by Crippen LogP contribution is 2.26. The molecular formula is C12H20O2. The molecule has 1 rings (SSSR count). The second-order valence-corrected chi connectivity index (χ2v) is 4.05. The molecule has 0 fully saturated rings. The van der Waals surface area contributed by atoms with E-state index in [0.717, 1.165) is 18.6 Å². The van der Waals surface area contributed by atoms with Crippen molar-refractivity contribution in [2.45, 2.75) is 45.4 Å². The molecule has 0 bridgehead atoms. The molecule has 80 valence electrons. The first-order valence-corrected chi connectivity index (χ1v) is 5.53. The summed E-state index contributed by atoms with van der Waals surface area (Å²) >= 11 is 0. The lowest BCUT2D eigenvalue weighted by Crippen LogP contribution is -2.14. The fraction of sp³-hybridized carbons (Fsp3) is 0.750. The number of carbonyl (C=O) groups excluding carboxylic acids is 1. The Morgan fingerprint density at radius 1 is 1.43 bits per heavy atom. The van der Waals surface area contributed by atoms with Gasteiger partial charge in [0.2, 0.25) is 0 Å². The molecule has 0 spiro atoms. The van der Waals surface area contributed by atoms with Crippen molar-refractivity contribution >= 4 is 5.78 Å². The number of carbonyl (C=O) groups is 1. The second kappa shape index (κ2) is 5.84. The van der Waals surface area contributed by atoms with Gasteiger partial charge in [0.25, 0.3) is 0 Å². The predicted molar refractivity (Wildman–Crippen MR) is 57.0 cm³/mol. The van der Waals surface area contributed by atoms with Crippen LogP contribution in [-0.4, -0.2) is 12.9 Å². The molecule has 0 aliphatic heterocycles. The van der Waals surface area contributed by atoms with E-state index in [1.807, 2.05) is 0 Å². The van der Waals surface area contributed by atoms with Crippen LogP contribution in [0.15, 0.2) is 11.8 Å². The molecule has 0 saturated carbocycles. The molecule has 0 N–H and O–H groups in total. The maximum Gasteiger partial charge on any atom is 0.159 e. The molecular weight excluding hydrogens is 176 g/mol. The van der Waals surface area contributed by atoms with E-state index in [2.05, 4.69) is 6.92 Å². The fourth-order valence-electron chi connectivity index (χ4n) is 1.97. The zero-order valence-electron chi connectivity index (χ0n) is 9.21. The van der Waals surface area contributed by atoms with Crippen molar-refractivity contribution in [2.24, 2.45) is 5.92 Å². The van der Waals surface area contributed by atoms with Gasteiger partial charge in [-0.3, -0.25) is 4.79 Å². The molecule has 1 aliphatic carbocycles. The summed E-state index contributed by atoms with van der Waals surface area (Å²) in [6, 6.07) is 0. The van der Waals surface area contributed by atoms with Crippen LogP contribution >= 0.6 is 0 Å². The van der Waals surface area contributed by atoms with Gasteiger partial charge in [-0.15, -0.1) is 0 Å². The van der Waals surface area contributed by atoms with Gasteiger partial charge in [0, 0.05) is 18.9 Å². The van der Waals surface area contributed by atoms with Crippen molar-refractivity contribution in [1.82, 2.24) is 0 Å². The number of hydrogen-bond donors (Lipinski definition) is 0. The van der Waals surface area contributed by atoms with Crippen molar-refractivity contribution in [2.75, 3.05) is 7.11 Å². The highest BCUT2D eigenvalue weighted by Gasteiger charge is 2.20. The third kappa shape index (κ3) is 3.52. The van der Waals surface area contributed by atoms with E-state index < -0.39 is 0 Å². The Morgan fingerprint density at radius 3 is 2.86 bits per heavy atom. The summed E-state index contributed by atoms with van der Waals surface area (Å²) in [6.07, 6.45) is 8.24. The Hall–Kier alpha value is -0.790. The molecule has 0 aromatic carbocycles. The van der Waals surface area contributed by atoms with Gasteiger partial charge in [0.15, 0.2) is 5.78 Å². The van der Waals surface area contributed by atoms with Crippen molar-refractivity contribution in [3.8, 4) is 0 Å². The van der Waals surface area contributed by atoms with Crippen LogP contribution < -0.4 is 0 Å². The number of hydrogen-bond acceptors (Lipinski definition) is 2.